The van der Waals surface area contributed by atoms with Gasteiger partial charge in [0.15, 0.2) is 0 Å². The highest BCUT2D eigenvalue weighted by atomic mass is 17.2. The molecule has 2 unspecified atom stereocenters. The molecule has 3 nitrogen and oxygen atoms in total. The molecule has 92 valence electrons. The molecule has 1 aliphatic heterocycles. The van der Waals surface area contributed by atoms with Crippen molar-refractivity contribution in [2.45, 2.75) is 18.6 Å². The van der Waals surface area contributed by atoms with Crippen molar-refractivity contribution in [1.29, 1.82) is 0 Å². The van der Waals surface area contributed by atoms with E-state index in [4.69, 9.17) is 9.78 Å². The fraction of sp³-hybridized carbons (Fsp3) is 0.200. The van der Waals surface area contributed by atoms with Crippen molar-refractivity contribution < 1.29 is 14.9 Å². The zero-order valence-corrected chi connectivity index (χ0v) is 9.82. The average molecular weight is 242 g/mol. The lowest BCUT2D eigenvalue weighted by Crippen LogP contribution is -1.96. The summed E-state index contributed by atoms with van der Waals surface area (Å²) in [7, 11) is 0. The highest BCUT2D eigenvalue weighted by molar-refractivity contribution is 5.28. The van der Waals surface area contributed by atoms with Gasteiger partial charge in [0.25, 0.3) is 0 Å². The molecule has 0 amide bonds. The highest BCUT2D eigenvalue weighted by Crippen LogP contribution is 2.39. The van der Waals surface area contributed by atoms with E-state index in [1.54, 1.807) is 12.1 Å². The molecule has 1 heterocycles. The van der Waals surface area contributed by atoms with Crippen LogP contribution in [0, 0.1) is 0 Å². The fourth-order valence-corrected chi connectivity index (χ4v) is 2.15. The summed E-state index contributed by atoms with van der Waals surface area (Å²) in [6.07, 6.45) is 0.690. The highest BCUT2D eigenvalue weighted by Gasteiger charge is 2.29. The number of aromatic hydroxyl groups is 1. The predicted molar refractivity (Wildman–Crippen MR) is 66.8 cm³/mol. The molecule has 0 aromatic heterocycles. The number of rotatable bonds is 2. The fourth-order valence-electron chi connectivity index (χ4n) is 2.15. The van der Waals surface area contributed by atoms with Gasteiger partial charge in [0.2, 0.25) is 0 Å². The van der Waals surface area contributed by atoms with Crippen molar-refractivity contribution in [3.05, 3.63) is 65.7 Å². The van der Waals surface area contributed by atoms with Gasteiger partial charge in [0, 0.05) is 6.42 Å². The van der Waals surface area contributed by atoms with E-state index in [-0.39, 0.29) is 18.0 Å². The van der Waals surface area contributed by atoms with Gasteiger partial charge in [-0.2, -0.15) is 0 Å². The third kappa shape index (κ3) is 2.23. The van der Waals surface area contributed by atoms with E-state index in [0.717, 1.165) is 17.5 Å². The predicted octanol–water partition coefficient (Wildman–Crippen LogP) is 3.53. The lowest BCUT2D eigenvalue weighted by atomic mass is 10.00. The summed E-state index contributed by atoms with van der Waals surface area (Å²) >= 11 is 0. The Balaban J connectivity index is 1.74. The van der Waals surface area contributed by atoms with Crippen LogP contribution in [0.1, 0.15) is 29.8 Å². The van der Waals surface area contributed by atoms with E-state index in [1.807, 2.05) is 42.5 Å². The maximum Gasteiger partial charge on any atom is 0.121 e. The van der Waals surface area contributed by atoms with E-state index in [1.165, 1.54) is 0 Å². The Labute approximate surface area is 106 Å². The van der Waals surface area contributed by atoms with Gasteiger partial charge >= 0.3 is 0 Å². The SMILES string of the molecule is Oc1ccc(C2CC(c3ccccc3)OO2)cc1. The minimum atomic E-state index is -0.0733. The lowest BCUT2D eigenvalue weighted by Gasteiger charge is -2.06. The second-order valence-corrected chi connectivity index (χ2v) is 4.41. The summed E-state index contributed by atoms with van der Waals surface area (Å²) in [6, 6.07) is 17.1. The largest absolute Gasteiger partial charge is 0.508 e. The molecule has 0 aliphatic carbocycles. The molecule has 1 N–H and O–H groups in total. The monoisotopic (exact) mass is 242 g/mol. The molecule has 0 bridgehead atoms. The molecule has 1 fully saturated rings. The topological polar surface area (TPSA) is 38.7 Å². The number of phenols is 1. The van der Waals surface area contributed by atoms with Gasteiger partial charge in [-0.3, -0.25) is 0 Å². The summed E-state index contributed by atoms with van der Waals surface area (Å²) < 4.78 is 0. The van der Waals surface area contributed by atoms with Crippen LogP contribution >= 0.6 is 0 Å². The maximum atomic E-state index is 9.26. The molecule has 0 spiro atoms. The zero-order valence-electron chi connectivity index (χ0n) is 9.82. The molecule has 2 aromatic rings. The van der Waals surface area contributed by atoms with E-state index in [9.17, 15) is 5.11 Å². The van der Waals surface area contributed by atoms with E-state index < -0.39 is 0 Å². The number of phenolic OH excluding ortho intramolecular Hbond substituents is 1. The molecular formula is C15H14O3. The number of hydrogen-bond donors (Lipinski definition) is 1. The van der Waals surface area contributed by atoms with Crippen molar-refractivity contribution in [2.75, 3.05) is 0 Å². The second-order valence-electron chi connectivity index (χ2n) is 4.41. The molecule has 3 rings (SSSR count). The van der Waals surface area contributed by atoms with Crippen LogP contribution in [0.3, 0.4) is 0 Å². The lowest BCUT2D eigenvalue weighted by molar-refractivity contribution is -0.300. The number of hydrogen-bond acceptors (Lipinski definition) is 3. The maximum absolute atomic E-state index is 9.26. The first-order valence-electron chi connectivity index (χ1n) is 5.99. The van der Waals surface area contributed by atoms with E-state index in [0.29, 0.717) is 0 Å². The van der Waals surface area contributed by atoms with Crippen molar-refractivity contribution in [2.24, 2.45) is 0 Å². The summed E-state index contributed by atoms with van der Waals surface area (Å²) in [5, 5.41) is 9.26. The van der Waals surface area contributed by atoms with Crippen molar-refractivity contribution >= 4 is 0 Å². The summed E-state index contributed by atoms with van der Waals surface area (Å²) in [5.41, 5.74) is 2.14. The van der Waals surface area contributed by atoms with Crippen LogP contribution in [0.25, 0.3) is 0 Å². The van der Waals surface area contributed by atoms with Crippen LogP contribution in [0.2, 0.25) is 0 Å². The normalized spacial score (nSPS) is 23.1. The van der Waals surface area contributed by atoms with Gasteiger partial charge in [0.1, 0.15) is 18.0 Å². The Morgan fingerprint density at radius 3 is 1.94 bits per heavy atom. The molecule has 3 heteroatoms. The van der Waals surface area contributed by atoms with E-state index in [2.05, 4.69) is 0 Å². The third-order valence-corrected chi connectivity index (χ3v) is 3.15. The number of benzene rings is 2. The van der Waals surface area contributed by atoms with Gasteiger partial charge in [-0.25, -0.2) is 9.78 Å². The molecule has 0 radical (unpaired) electrons. The van der Waals surface area contributed by atoms with Gasteiger partial charge in [-0.15, -0.1) is 0 Å². The van der Waals surface area contributed by atoms with Crippen LogP contribution in [0.5, 0.6) is 5.75 Å². The Bertz CT molecular complexity index is 507. The standard InChI is InChI=1S/C15H14O3/c16-13-8-6-12(7-9-13)15-10-14(17-18-15)11-4-2-1-3-5-11/h1-9,14-16H,10H2. The van der Waals surface area contributed by atoms with Crippen LogP contribution in [-0.4, -0.2) is 5.11 Å². The minimum absolute atomic E-state index is 0.0231. The zero-order chi connectivity index (χ0) is 12.4. The summed E-state index contributed by atoms with van der Waals surface area (Å²) in [5.74, 6) is 0.261. The van der Waals surface area contributed by atoms with Crippen LogP contribution < -0.4 is 0 Å². The molecule has 1 aliphatic rings. The van der Waals surface area contributed by atoms with Crippen molar-refractivity contribution in [1.82, 2.24) is 0 Å². The Hall–Kier alpha value is -1.84. The first-order valence-corrected chi connectivity index (χ1v) is 5.99. The van der Waals surface area contributed by atoms with Crippen molar-refractivity contribution in [3.8, 4) is 5.75 Å². The molecule has 18 heavy (non-hydrogen) atoms. The third-order valence-electron chi connectivity index (χ3n) is 3.15. The van der Waals surface area contributed by atoms with Crippen LogP contribution in [-0.2, 0) is 9.78 Å². The quantitative estimate of drug-likeness (QED) is 0.819. The molecule has 0 saturated carbocycles. The summed E-state index contributed by atoms with van der Waals surface area (Å²) in [4.78, 5) is 10.7. The van der Waals surface area contributed by atoms with E-state index >= 15 is 0 Å². The first-order chi connectivity index (χ1) is 8.83. The van der Waals surface area contributed by atoms with Gasteiger partial charge in [-0.05, 0) is 23.3 Å². The van der Waals surface area contributed by atoms with Crippen LogP contribution in [0.4, 0.5) is 0 Å². The summed E-state index contributed by atoms with van der Waals surface area (Å²) in [6.45, 7) is 0. The Kier molecular flexibility index (Phi) is 3.00. The van der Waals surface area contributed by atoms with Gasteiger partial charge in [0.05, 0.1) is 0 Å². The molecule has 2 atom stereocenters. The smallest absolute Gasteiger partial charge is 0.121 e. The molecule has 1 saturated heterocycles. The first kappa shape index (κ1) is 11.3. The van der Waals surface area contributed by atoms with Crippen molar-refractivity contribution in [3.63, 3.8) is 0 Å². The minimum Gasteiger partial charge on any atom is -0.508 e. The second kappa shape index (κ2) is 4.80. The Morgan fingerprint density at radius 2 is 1.33 bits per heavy atom. The average Bonchev–Trinajstić information content (AvgIpc) is 2.90. The molecular weight excluding hydrogens is 228 g/mol. The molecule has 2 aromatic carbocycles. The van der Waals surface area contributed by atoms with Gasteiger partial charge in [-0.1, -0.05) is 42.5 Å². The van der Waals surface area contributed by atoms with Gasteiger partial charge < -0.3 is 5.11 Å². The van der Waals surface area contributed by atoms with Crippen LogP contribution in [0.15, 0.2) is 54.6 Å². The Morgan fingerprint density at radius 1 is 0.778 bits per heavy atom.